The van der Waals surface area contributed by atoms with Crippen LogP contribution in [0.1, 0.15) is 24.8 Å². The van der Waals surface area contributed by atoms with E-state index in [0.717, 1.165) is 19.4 Å². The molecule has 3 N–H and O–H groups in total. The van der Waals surface area contributed by atoms with Gasteiger partial charge in [0.1, 0.15) is 5.82 Å². The van der Waals surface area contributed by atoms with Gasteiger partial charge in [0.2, 0.25) is 0 Å². The smallest absolute Gasteiger partial charge is 0.188 e. The molecule has 1 fully saturated rings. The third-order valence-corrected chi connectivity index (χ3v) is 3.62. The molecule has 3 nitrogen and oxygen atoms in total. The second-order valence-electron chi connectivity index (χ2n) is 4.60. The molecule has 0 aliphatic heterocycles. The lowest BCUT2D eigenvalue weighted by molar-refractivity contribution is 0.244. The van der Waals surface area contributed by atoms with Crippen LogP contribution in [0.2, 0.25) is 0 Å². The Hall–Kier alpha value is -0.850. The zero-order chi connectivity index (χ0) is 12.3. The van der Waals surface area contributed by atoms with Crippen molar-refractivity contribution < 1.29 is 4.39 Å². The van der Waals surface area contributed by atoms with Gasteiger partial charge in [0.05, 0.1) is 0 Å². The minimum Gasteiger partial charge on any atom is -0.370 e. The maximum Gasteiger partial charge on any atom is 0.188 e. The lowest BCUT2D eigenvalue weighted by atomic mass is 9.64. The summed E-state index contributed by atoms with van der Waals surface area (Å²) in [5.74, 6) is 0.268. The van der Waals surface area contributed by atoms with E-state index in [2.05, 4.69) is 10.3 Å². The van der Waals surface area contributed by atoms with E-state index in [9.17, 15) is 4.39 Å². The van der Waals surface area contributed by atoms with Crippen LogP contribution in [0.4, 0.5) is 4.39 Å². The Morgan fingerprint density at radius 1 is 1.39 bits per heavy atom. The molecule has 1 aliphatic carbocycles. The summed E-state index contributed by atoms with van der Waals surface area (Å²) < 4.78 is 12.9. The van der Waals surface area contributed by atoms with Crippen LogP contribution in [0.3, 0.4) is 0 Å². The topological polar surface area (TPSA) is 50.4 Å². The number of hydrogen-bond donors (Lipinski definition) is 2. The second kappa shape index (κ2) is 6.36. The van der Waals surface area contributed by atoms with E-state index in [-0.39, 0.29) is 35.2 Å². The van der Waals surface area contributed by atoms with Gasteiger partial charge in [0, 0.05) is 19.0 Å². The molecule has 0 atom stereocenters. The highest BCUT2D eigenvalue weighted by Gasteiger charge is 2.38. The van der Waals surface area contributed by atoms with Crippen LogP contribution in [0.25, 0.3) is 0 Å². The van der Waals surface area contributed by atoms with Crippen LogP contribution in [0.15, 0.2) is 29.3 Å². The number of nitrogens with zero attached hydrogens (tertiary/aromatic N) is 1. The Morgan fingerprint density at radius 2 is 2.00 bits per heavy atom. The van der Waals surface area contributed by atoms with Gasteiger partial charge in [-0.2, -0.15) is 0 Å². The maximum absolute atomic E-state index is 12.9. The molecule has 0 aromatic heterocycles. The summed E-state index contributed by atoms with van der Waals surface area (Å²) >= 11 is 0. The molecular weight excluding hydrogens is 344 g/mol. The van der Waals surface area contributed by atoms with Gasteiger partial charge in [0.15, 0.2) is 5.96 Å². The predicted molar refractivity (Wildman–Crippen MR) is 82.9 cm³/mol. The first-order valence-electron chi connectivity index (χ1n) is 5.88. The molecule has 0 unspecified atom stereocenters. The molecule has 0 bridgehead atoms. The fourth-order valence-corrected chi connectivity index (χ4v) is 2.31. The Kier molecular flexibility index (Phi) is 5.37. The molecule has 1 saturated carbocycles. The highest BCUT2D eigenvalue weighted by Crippen LogP contribution is 2.43. The molecule has 0 spiro atoms. The normalized spacial score (nSPS) is 17.6. The minimum absolute atomic E-state index is 0. The van der Waals surface area contributed by atoms with Gasteiger partial charge in [-0.05, 0) is 30.5 Å². The van der Waals surface area contributed by atoms with Crippen molar-refractivity contribution in [2.24, 2.45) is 10.7 Å². The van der Waals surface area contributed by atoms with Crippen LogP contribution in [0, 0.1) is 5.82 Å². The Bertz CT molecular complexity index is 413. The maximum atomic E-state index is 12.9. The first-order chi connectivity index (χ1) is 8.16. The second-order valence-corrected chi connectivity index (χ2v) is 4.60. The van der Waals surface area contributed by atoms with E-state index in [4.69, 9.17) is 5.73 Å². The van der Waals surface area contributed by atoms with Crippen LogP contribution in [-0.4, -0.2) is 19.6 Å². The number of rotatable bonds is 3. The number of aliphatic imine (C=N–C) groups is 1. The van der Waals surface area contributed by atoms with Crippen molar-refractivity contribution in [1.29, 1.82) is 0 Å². The zero-order valence-corrected chi connectivity index (χ0v) is 12.8. The van der Waals surface area contributed by atoms with Crippen LogP contribution >= 0.6 is 24.0 Å². The number of nitrogens with one attached hydrogen (secondary N) is 1. The van der Waals surface area contributed by atoms with Crippen molar-refractivity contribution in [2.75, 3.05) is 13.6 Å². The molecule has 100 valence electrons. The largest absolute Gasteiger partial charge is 0.370 e. The van der Waals surface area contributed by atoms with Crippen LogP contribution in [-0.2, 0) is 5.41 Å². The van der Waals surface area contributed by atoms with E-state index in [1.165, 1.54) is 24.1 Å². The molecule has 1 aromatic rings. The fraction of sp³-hybridized carbons (Fsp3) is 0.462. The summed E-state index contributed by atoms with van der Waals surface area (Å²) in [7, 11) is 1.66. The summed E-state index contributed by atoms with van der Waals surface area (Å²) in [6.07, 6.45) is 3.44. The number of nitrogens with two attached hydrogens (primary N) is 1. The fourth-order valence-electron chi connectivity index (χ4n) is 2.31. The van der Waals surface area contributed by atoms with Crippen LogP contribution < -0.4 is 11.1 Å². The Balaban J connectivity index is 0.00000162. The van der Waals surface area contributed by atoms with E-state index in [1.807, 2.05) is 12.1 Å². The van der Waals surface area contributed by atoms with Crippen molar-refractivity contribution in [1.82, 2.24) is 5.32 Å². The van der Waals surface area contributed by atoms with Crippen LogP contribution in [0.5, 0.6) is 0 Å². The highest BCUT2D eigenvalue weighted by molar-refractivity contribution is 14.0. The summed E-state index contributed by atoms with van der Waals surface area (Å²) in [4.78, 5) is 3.88. The Morgan fingerprint density at radius 3 is 2.44 bits per heavy atom. The molecular formula is C13H19FIN3. The summed E-state index contributed by atoms with van der Waals surface area (Å²) in [5, 5.41) is 3.12. The van der Waals surface area contributed by atoms with Gasteiger partial charge < -0.3 is 11.1 Å². The minimum atomic E-state index is -0.189. The van der Waals surface area contributed by atoms with Gasteiger partial charge in [-0.25, -0.2) is 4.39 Å². The highest BCUT2D eigenvalue weighted by atomic mass is 127. The summed E-state index contributed by atoms with van der Waals surface area (Å²) in [5.41, 5.74) is 6.92. The average molecular weight is 363 g/mol. The zero-order valence-electron chi connectivity index (χ0n) is 10.4. The third kappa shape index (κ3) is 3.13. The van der Waals surface area contributed by atoms with Crippen molar-refractivity contribution in [3.63, 3.8) is 0 Å². The molecule has 0 heterocycles. The number of hydrogen-bond acceptors (Lipinski definition) is 1. The van der Waals surface area contributed by atoms with Crippen molar-refractivity contribution in [2.45, 2.75) is 24.7 Å². The first kappa shape index (κ1) is 15.2. The van der Waals surface area contributed by atoms with E-state index in [0.29, 0.717) is 5.96 Å². The molecule has 1 aliphatic rings. The molecule has 0 amide bonds. The summed E-state index contributed by atoms with van der Waals surface area (Å²) in [6.45, 7) is 0.766. The van der Waals surface area contributed by atoms with Crippen molar-refractivity contribution in [3.05, 3.63) is 35.6 Å². The number of benzene rings is 1. The average Bonchev–Trinajstić information content (AvgIpc) is 2.29. The van der Waals surface area contributed by atoms with Gasteiger partial charge in [-0.3, -0.25) is 4.99 Å². The standard InChI is InChI=1S/C13H18FN3.HI/c1-16-12(15)17-9-13(7-2-8-13)10-3-5-11(14)6-4-10;/h3-6H,2,7-9H2,1H3,(H3,15,16,17);1H. The number of halogens is 2. The quantitative estimate of drug-likeness (QED) is 0.492. The monoisotopic (exact) mass is 363 g/mol. The lowest BCUT2D eigenvalue weighted by Gasteiger charge is -2.42. The van der Waals surface area contributed by atoms with E-state index >= 15 is 0 Å². The van der Waals surface area contributed by atoms with Crippen molar-refractivity contribution in [3.8, 4) is 0 Å². The molecule has 18 heavy (non-hydrogen) atoms. The molecule has 1 aromatic carbocycles. The van der Waals surface area contributed by atoms with E-state index < -0.39 is 0 Å². The number of guanidine groups is 1. The first-order valence-corrected chi connectivity index (χ1v) is 5.88. The lowest BCUT2D eigenvalue weighted by Crippen LogP contribution is -2.47. The van der Waals surface area contributed by atoms with Gasteiger partial charge in [-0.15, -0.1) is 24.0 Å². The molecule has 0 saturated heterocycles. The molecule has 0 radical (unpaired) electrons. The van der Waals surface area contributed by atoms with Crippen molar-refractivity contribution >= 4 is 29.9 Å². The molecule has 2 rings (SSSR count). The predicted octanol–water partition coefficient (Wildman–Crippen LogP) is 2.40. The van der Waals surface area contributed by atoms with Gasteiger partial charge in [-0.1, -0.05) is 18.6 Å². The Labute approximate surface area is 124 Å². The van der Waals surface area contributed by atoms with Gasteiger partial charge in [0.25, 0.3) is 0 Å². The van der Waals surface area contributed by atoms with Gasteiger partial charge >= 0.3 is 0 Å². The van der Waals surface area contributed by atoms with E-state index in [1.54, 1.807) is 7.05 Å². The molecule has 5 heteroatoms. The third-order valence-electron chi connectivity index (χ3n) is 3.62. The summed E-state index contributed by atoms with van der Waals surface area (Å²) in [6, 6.07) is 6.78. The SMILES string of the molecule is CN=C(N)NCC1(c2ccc(F)cc2)CCC1.I.